The lowest BCUT2D eigenvalue weighted by atomic mass is 10.1. The molecule has 4 N–H and O–H groups in total. The molecule has 1 aromatic carbocycles. The molecule has 0 spiro atoms. The van der Waals surface area contributed by atoms with Crippen molar-refractivity contribution < 1.29 is 18.0 Å². The van der Waals surface area contributed by atoms with Crippen LogP contribution in [-0.4, -0.2) is 26.3 Å². The largest absolute Gasteiger partial charge is 0.326 e. The zero-order valence-corrected chi connectivity index (χ0v) is 12.2. The molecule has 1 saturated heterocycles. The number of nitrogens with one attached hydrogen (secondary N) is 2. The topological polar surface area (TPSA) is 118 Å². The summed E-state index contributed by atoms with van der Waals surface area (Å²) in [6.07, 6.45) is 0.306. The second-order valence-electron chi connectivity index (χ2n) is 4.90. The maximum absolute atomic E-state index is 12.0. The summed E-state index contributed by atoms with van der Waals surface area (Å²) < 4.78 is 26.4. The van der Waals surface area contributed by atoms with E-state index in [1.807, 2.05) is 0 Å². The number of carbonyl (C=O) groups is 2. The van der Waals surface area contributed by atoms with Gasteiger partial charge in [-0.2, -0.15) is 0 Å². The van der Waals surface area contributed by atoms with E-state index in [4.69, 9.17) is 5.73 Å². The highest BCUT2D eigenvalue weighted by Gasteiger charge is 2.30. The normalized spacial score (nSPS) is 19.4. The van der Waals surface area contributed by atoms with Gasteiger partial charge >= 0.3 is 0 Å². The number of piperidine rings is 1. The van der Waals surface area contributed by atoms with E-state index in [-0.39, 0.29) is 24.5 Å². The highest BCUT2D eigenvalue weighted by atomic mass is 32.2. The summed E-state index contributed by atoms with van der Waals surface area (Å²) in [5.74, 6) is -1.21. The number of benzene rings is 1. The molecule has 0 bridgehead atoms. The van der Waals surface area contributed by atoms with Gasteiger partial charge in [0.05, 0.1) is 5.75 Å². The molecule has 114 valence electrons. The van der Waals surface area contributed by atoms with Crippen LogP contribution in [0.1, 0.15) is 24.0 Å². The Bertz CT molecular complexity index is 640. The number of rotatable bonds is 5. The Morgan fingerprint density at radius 2 is 1.81 bits per heavy atom. The van der Waals surface area contributed by atoms with Crippen LogP contribution >= 0.6 is 0 Å². The van der Waals surface area contributed by atoms with Crippen molar-refractivity contribution in [1.29, 1.82) is 0 Å². The molecule has 1 atom stereocenters. The van der Waals surface area contributed by atoms with Crippen molar-refractivity contribution in [1.82, 2.24) is 10.0 Å². The van der Waals surface area contributed by atoms with Crippen LogP contribution in [-0.2, 0) is 31.9 Å². The molecular weight excluding hydrogens is 294 g/mol. The fraction of sp³-hybridized carbons (Fsp3) is 0.385. The molecule has 1 aliphatic heterocycles. The SMILES string of the molecule is NCc1ccc(CS(=O)(=O)NC2CCC(=O)NC2=O)cc1. The number of hydrogen-bond donors (Lipinski definition) is 3. The lowest BCUT2D eigenvalue weighted by Gasteiger charge is -2.21. The Balaban J connectivity index is 2.01. The Labute approximate surface area is 123 Å². The first-order valence-corrected chi connectivity index (χ1v) is 8.16. The Morgan fingerprint density at radius 3 is 2.38 bits per heavy atom. The highest BCUT2D eigenvalue weighted by Crippen LogP contribution is 2.10. The summed E-state index contributed by atoms with van der Waals surface area (Å²) in [6.45, 7) is 0.390. The van der Waals surface area contributed by atoms with Crippen molar-refractivity contribution in [3.8, 4) is 0 Å². The van der Waals surface area contributed by atoms with Crippen molar-refractivity contribution in [2.75, 3.05) is 0 Å². The van der Waals surface area contributed by atoms with Gasteiger partial charge in [0.2, 0.25) is 21.8 Å². The molecule has 0 saturated carbocycles. The summed E-state index contributed by atoms with van der Waals surface area (Å²) in [4.78, 5) is 22.6. The third-order valence-corrected chi connectivity index (χ3v) is 4.53. The Kier molecular flexibility index (Phi) is 4.71. The molecule has 2 rings (SSSR count). The van der Waals surface area contributed by atoms with Gasteiger partial charge in [0.25, 0.3) is 0 Å². The second kappa shape index (κ2) is 6.33. The zero-order valence-electron chi connectivity index (χ0n) is 11.3. The molecule has 2 amide bonds. The smallest absolute Gasteiger partial charge is 0.244 e. The number of nitrogens with two attached hydrogens (primary N) is 1. The zero-order chi connectivity index (χ0) is 15.5. The van der Waals surface area contributed by atoms with Gasteiger partial charge in [-0.3, -0.25) is 14.9 Å². The van der Waals surface area contributed by atoms with Gasteiger partial charge in [0, 0.05) is 13.0 Å². The Hall–Kier alpha value is -1.77. The molecule has 7 nitrogen and oxygen atoms in total. The van der Waals surface area contributed by atoms with Crippen molar-refractivity contribution in [2.45, 2.75) is 31.2 Å². The number of sulfonamides is 1. The van der Waals surface area contributed by atoms with Crippen molar-refractivity contribution in [3.63, 3.8) is 0 Å². The first-order chi connectivity index (χ1) is 9.89. The van der Waals surface area contributed by atoms with E-state index in [0.29, 0.717) is 12.1 Å². The van der Waals surface area contributed by atoms with Gasteiger partial charge in [0.15, 0.2) is 0 Å². The van der Waals surface area contributed by atoms with Crippen molar-refractivity contribution in [3.05, 3.63) is 35.4 Å². The molecule has 0 aromatic heterocycles. The minimum absolute atomic E-state index is 0.129. The summed E-state index contributed by atoms with van der Waals surface area (Å²) in [5, 5.41) is 2.11. The van der Waals surface area contributed by atoms with E-state index in [9.17, 15) is 18.0 Å². The highest BCUT2D eigenvalue weighted by molar-refractivity contribution is 7.88. The van der Waals surface area contributed by atoms with Crippen LogP contribution in [0.4, 0.5) is 0 Å². The van der Waals surface area contributed by atoms with Gasteiger partial charge in [-0.1, -0.05) is 24.3 Å². The fourth-order valence-electron chi connectivity index (χ4n) is 2.06. The molecule has 1 aliphatic rings. The van der Waals surface area contributed by atoms with Gasteiger partial charge in [-0.25, -0.2) is 13.1 Å². The average Bonchev–Trinajstić information content (AvgIpc) is 2.42. The Morgan fingerprint density at radius 1 is 1.19 bits per heavy atom. The van der Waals surface area contributed by atoms with Crippen LogP contribution in [0.15, 0.2) is 24.3 Å². The van der Waals surface area contributed by atoms with E-state index in [1.54, 1.807) is 24.3 Å². The first kappa shape index (κ1) is 15.6. The number of amides is 2. The number of hydrogen-bond acceptors (Lipinski definition) is 5. The van der Waals surface area contributed by atoms with E-state index in [2.05, 4.69) is 10.0 Å². The molecule has 21 heavy (non-hydrogen) atoms. The molecule has 0 radical (unpaired) electrons. The average molecular weight is 311 g/mol. The van der Waals surface area contributed by atoms with Gasteiger partial charge < -0.3 is 5.73 Å². The van der Waals surface area contributed by atoms with E-state index >= 15 is 0 Å². The van der Waals surface area contributed by atoms with E-state index in [0.717, 1.165) is 5.56 Å². The first-order valence-electron chi connectivity index (χ1n) is 6.51. The lowest BCUT2D eigenvalue weighted by Crippen LogP contribution is -2.52. The van der Waals surface area contributed by atoms with Gasteiger partial charge in [-0.15, -0.1) is 0 Å². The monoisotopic (exact) mass is 311 g/mol. The van der Waals surface area contributed by atoms with Crippen LogP contribution in [0.25, 0.3) is 0 Å². The van der Waals surface area contributed by atoms with Gasteiger partial charge in [0.1, 0.15) is 6.04 Å². The van der Waals surface area contributed by atoms with E-state index in [1.165, 1.54) is 0 Å². The minimum Gasteiger partial charge on any atom is -0.326 e. The molecule has 1 unspecified atom stereocenters. The minimum atomic E-state index is -3.66. The van der Waals surface area contributed by atoms with Crippen molar-refractivity contribution in [2.24, 2.45) is 5.73 Å². The molecule has 1 fully saturated rings. The molecule has 1 aromatic rings. The number of carbonyl (C=O) groups excluding carboxylic acids is 2. The standard InChI is InChI=1S/C13H17N3O4S/c14-7-9-1-3-10(4-2-9)8-21(19,20)16-11-5-6-12(17)15-13(11)18/h1-4,11,16H,5-8,14H2,(H,15,17,18). The summed E-state index contributed by atoms with van der Waals surface area (Å²) in [5.41, 5.74) is 6.99. The van der Waals surface area contributed by atoms with Crippen LogP contribution < -0.4 is 15.8 Å². The quantitative estimate of drug-likeness (QED) is 0.626. The molecule has 1 heterocycles. The fourth-order valence-corrected chi connectivity index (χ4v) is 3.43. The van der Waals surface area contributed by atoms with Gasteiger partial charge in [-0.05, 0) is 17.5 Å². The summed E-state index contributed by atoms with van der Waals surface area (Å²) in [6, 6.07) is 6.00. The van der Waals surface area contributed by atoms with E-state index < -0.39 is 22.0 Å². The maximum atomic E-state index is 12.0. The van der Waals surface area contributed by atoms with Crippen molar-refractivity contribution >= 4 is 21.8 Å². The third kappa shape index (κ3) is 4.35. The van der Waals surface area contributed by atoms with Crippen LogP contribution in [0.2, 0.25) is 0 Å². The van der Waals surface area contributed by atoms with Crippen LogP contribution in [0.5, 0.6) is 0 Å². The maximum Gasteiger partial charge on any atom is 0.244 e. The summed E-state index contributed by atoms with van der Waals surface area (Å²) in [7, 11) is -3.66. The molecule has 0 aliphatic carbocycles. The lowest BCUT2D eigenvalue weighted by molar-refractivity contribution is -0.134. The van der Waals surface area contributed by atoms with Crippen LogP contribution in [0.3, 0.4) is 0 Å². The third-order valence-electron chi connectivity index (χ3n) is 3.18. The molecule has 8 heteroatoms. The molecular formula is C13H17N3O4S. The predicted octanol–water partition coefficient (Wildman–Crippen LogP) is -0.630. The van der Waals surface area contributed by atoms with Crippen LogP contribution in [0, 0.1) is 0 Å². The number of imide groups is 1. The summed E-state index contributed by atoms with van der Waals surface area (Å²) >= 11 is 0. The predicted molar refractivity (Wildman–Crippen MR) is 76.3 cm³/mol. The second-order valence-corrected chi connectivity index (χ2v) is 6.66.